The molecule has 0 aliphatic carbocycles. The molecule has 90 valence electrons. The number of halogens is 2. The van der Waals surface area contributed by atoms with Gasteiger partial charge in [0.15, 0.2) is 0 Å². The zero-order valence-electron chi connectivity index (χ0n) is 8.53. The Balaban J connectivity index is 0.00000128. The Morgan fingerprint density at radius 2 is 2.38 bits per heavy atom. The molecule has 2 N–H and O–H groups in total. The summed E-state index contributed by atoms with van der Waals surface area (Å²) >= 11 is 4.99. The van der Waals surface area contributed by atoms with Gasteiger partial charge >= 0.3 is 5.97 Å². The second-order valence-corrected chi connectivity index (χ2v) is 6.35. The molecule has 1 atom stereocenters. The minimum Gasteiger partial charge on any atom is -0.480 e. The summed E-state index contributed by atoms with van der Waals surface area (Å²) < 4.78 is 1.05. The van der Waals surface area contributed by atoms with Gasteiger partial charge in [-0.2, -0.15) is 0 Å². The molecule has 2 heterocycles. The van der Waals surface area contributed by atoms with Crippen LogP contribution in [0.5, 0.6) is 0 Å². The van der Waals surface area contributed by atoms with Gasteiger partial charge in [0.05, 0.1) is 3.79 Å². The third kappa shape index (κ3) is 2.77. The molecule has 1 saturated heterocycles. The van der Waals surface area contributed by atoms with Gasteiger partial charge in [0, 0.05) is 11.3 Å². The number of carboxylic acid groups (broad SMARTS) is 1. The van der Waals surface area contributed by atoms with E-state index in [2.05, 4.69) is 21.2 Å². The normalized spacial score (nSPS) is 24.1. The van der Waals surface area contributed by atoms with E-state index in [0.717, 1.165) is 28.0 Å². The molecule has 2 rings (SSSR count). The highest BCUT2D eigenvalue weighted by Crippen LogP contribution is 2.29. The maximum Gasteiger partial charge on any atom is 0.324 e. The first kappa shape index (κ1) is 14.0. The molecule has 16 heavy (non-hydrogen) atoms. The van der Waals surface area contributed by atoms with Crippen LogP contribution >= 0.6 is 39.7 Å². The van der Waals surface area contributed by atoms with Crippen molar-refractivity contribution in [1.82, 2.24) is 5.32 Å². The summed E-state index contributed by atoms with van der Waals surface area (Å²) in [5.41, 5.74) is -0.732. The van der Waals surface area contributed by atoms with Gasteiger partial charge in [-0.3, -0.25) is 4.79 Å². The van der Waals surface area contributed by atoms with Gasteiger partial charge in [-0.1, -0.05) is 0 Å². The molecule has 1 aromatic heterocycles. The Morgan fingerprint density at radius 3 is 2.81 bits per heavy atom. The van der Waals surface area contributed by atoms with Crippen molar-refractivity contribution in [1.29, 1.82) is 0 Å². The maximum atomic E-state index is 11.3. The number of aliphatic carboxylic acids is 1. The Hall–Kier alpha value is -0.100. The highest BCUT2D eigenvalue weighted by atomic mass is 79.9. The average Bonchev–Trinajstić information content (AvgIpc) is 2.77. The van der Waals surface area contributed by atoms with Gasteiger partial charge in [-0.25, -0.2) is 0 Å². The molecular weight excluding hydrogens is 314 g/mol. The molecule has 6 heteroatoms. The van der Waals surface area contributed by atoms with Crippen LogP contribution in [0.4, 0.5) is 0 Å². The van der Waals surface area contributed by atoms with E-state index in [-0.39, 0.29) is 12.4 Å². The van der Waals surface area contributed by atoms with E-state index in [4.69, 9.17) is 0 Å². The third-order valence-corrected chi connectivity index (χ3v) is 4.38. The fraction of sp³-hybridized carbons (Fsp3) is 0.500. The lowest BCUT2D eigenvalue weighted by atomic mass is 9.93. The number of thiophene rings is 1. The van der Waals surface area contributed by atoms with Crippen molar-refractivity contribution in [2.24, 2.45) is 0 Å². The molecule has 0 aromatic carbocycles. The molecular formula is C10H13BrClNO2S. The largest absolute Gasteiger partial charge is 0.480 e. The van der Waals surface area contributed by atoms with Crippen LogP contribution < -0.4 is 5.32 Å². The molecule has 0 saturated carbocycles. The van der Waals surface area contributed by atoms with Gasteiger partial charge in [0.2, 0.25) is 0 Å². The smallest absolute Gasteiger partial charge is 0.324 e. The predicted molar refractivity (Wildman–Crippen MR) is 70.6 cm³/mol. The molecule has 3 nitrogen and oxygen atoms in total. The van der Waals surface area contributed by atoms with Gasteiger partial charge < -0.3 is 10.4 Å². The average molecular weight is 327 g/mol. The van der Waals surface area contributed by atoms with E-state index in [9.17, 15) is 9.90 Å². The number of carboxylic acids is 1. The monoisotopic (exact) mass is 325 g/mol. The summed E-state index contributed by atoms with van der Waals surface area (Å²) in [4.78, 5) is 12.4. The van der Waals surface area contributed by atoms with Crippen molar-refractivity contribution < 1.29 is 9.90 Å². The van der Waals surface area contributed by atoms with Crippen LogP contribution in [0.15, 0.2) is 15.9 Å². The van der Waals surface area contributed by atoms with E-state index >= 15 is 0 Å². The van der Waals surface area contributed by atoms with Crippen LogP contribution in [0.1, 0.15) is 17.7 Å². The molecule has 0 amide bonds. The van der Waals surface area contributed by atoms with E-state index < -0.39 is 11.5 Å². The van der Waals surface area contributed by atoms with Crippen molar-refractivity contribution in [3.63, 3.8) is 0 Å². The number of hydrogen-bond donors (Lipinski definition) is 2. The summed E-state index contributed by atoms with van der Waals surface area (Å²) in [5.74, 6) is -0.732. The molecule has 0 spiro atoms. The van der Waals surface area contributed by atoms with Crippen LogP contribution in [0.25, 0.3) is 0 Å². The summed E-state index contributed by atoms with van der Waals surface area (Å²) in [6.07, 6.45) is 2.25. The molecule has 1 aliphatic rings. The Morgan fingerprint density at radius 1 is 1.62 bits per heavy atom. The van der Waals surface area contributed by atoms with Gasteiger partial charge in [0.1, 0.15) is 5.54 Å². The molecule has 1 aromatic rings. The summed E-state index contributed by atoms with van der Waals surface area (Å²) in [6.45, 7) is 0.804. The summed E-state index contributed by atoms with van der Waals surface area (Å²) in [5, 5.41) is 12.4. The van der Waals surface area contributed by atoms with Crippen LogP contribution in [-0.4, -0.2) is 23.2 Å². The lowest BCUT2D eigenvalue weighted by molar-refractivity contribution is -0.144. The lowest BCUT2D eigenvalue weighted by Gasteiger charge is -2.23. The standard InChI is InChI=1S/C10H12BrNO2S.ClH/c11-8-3-2-7(15-8)6-10(9(13)14)4-1-5-12-10;/h2-3,12H,1,4-6H2,(H,13,14);1H/t10-;/m0./s1. The van der Waals surface area contributed by atoms with Crippen molar-refractivity contribution in [3.05, 3.63) is 20.8 Å². The van der Waals surface area contributed by atoms with Crippen LogP contribution in [-0.2, 0) is 11.2 Å². The molecule has 1 aliphatic heterocycles. The molecule has 0 unspecified atom stereocenters. The Labute approximate surface area is 113 Å². The SMILES string of the molecule is Cl.O=C(O)[C@@]1(Cc2ccc(Br)s2)CCCN1. The summed E-state index contributed by atoms with van der Waals surface area (Å²) in [7, 11) is 0. The minimum absolute atomic E-state index is 0. The van der Waals surface area contributed by atoms with Crippen LogP contribution in [0.3, 0.4) is 0 Å². The van der Waals surface area contributed by atoms with Crippen molar-refractivity contribution in [2.75, 3.05) is 6.54 Å². The Kier molecular flexibility index (Phi) is 4.79. The predicted octanol–water partition coefficient (Wildman–Crippen LogP) is 2.68. The van der Waals surface area contributed by atoms with Crippen LogP contribution in [0.2, 0.25) is 0 Å². The Bertz CT molecular complexity index is 377. The van der Waals surface area contributed by atoms with E-state index in [1.165, 1.54) is 0 Å². The van der Waals surface area contributed by atoms with Crippen molar-refractivity contribution in [3.8, 4) is 0 Å². The number of rotatable bonds is 3. The quantitative estimate of drug-likeness (QED) is 0.898. The van der Waals surface area contributed by atoms with Crippen molar-refractivity contribution in [2.45, 2.75) is 24.8 Å². The van der Waals surface area contributed by atoms with Gasteiger partial charge in [0.25, 0.3) is 0 Å². The van der Waals surface area contributed by atoms with Crippen molar-refractivity contribution >= 4 is 45.6 Å². The highest BCUT2D eigenvalue weighted by Gasteiger charge is 2.41. The minimum atomic E-state index is -0.732. The number of nitrogens with one attached hydrogen (secondary N) is 1. The van der Waals surface area contributed by atoms with E-state index in [1.54, 1.807) is 11.3 Å². The van der Waals surface area contributed by atoms with E-state index in [1.807, 2.05) is 12.1 Å². The number of carbonyl (C=O) groups is 1. The first-order valence-corrected chi connectivity index (χ1v) is 6.46. The number of hydrogen-bond acceptors (Lipinski definition) is 3. The third-order valence-electron chi connectivity index (χ3n) is 2.76. The lowest BCUT2D eigenvalue weighted by Crippen LogP contribution is -2.49. The maximum absolute atomic E-state index is 11.3. The highest BCUT2D eigenvalue weighted by molar-refractivity contribution is 9.11. The second kappa shape index (κ2) is 5.49. The zero-order chi connectivity index (χ0) is 10.9. The van der Waals surface area contributed by atoms with Gasteiger partial charge in [-0.15, -0.1) is 23.7 Å². The molecule has 0 bridgehead atoms. The van der Waals surface area contributed by atoms with Gasteiger partial charge in [-0.05, 0) is 47.4 Å². The van der Waals surface area contributed by atoms with Crippen LogP contribution in [0, 0.1) is 0 Å². The second-order valence-electron chi connectivity index (χ2n) is 3.80. The first-order chi connectivity index (χ1) is 7.12. The molecule has 0 radical (unpaired) electrons. The molecule has 1 fully saturated rings. The summed E-state index contributed by atoms with van der Waals surface area (Å²) in [6, 6.07) is 3.95. The van der Waals surface area contributed by atoms with E-state index in [0.29, 0.717) is 6.42 Å². The first-order valence-electron chi connectivity index (χ1n) is 4.85. The zero-order valence-corrected chi connectivity index (χ0v) is 11.8. The fourth-order valence-electron chi connectivity index (χ4n) is 1.96. The topological polar surface area (TPSA) is 49.3 Å². The fourth-order valence-corrected chi connectivity index (χ4v) is 3.56.